The lowest BCUT2D eigenvalue weighted by molar-refractivity contribution is -0.238. The van der Waals surface area contributed by atoms with Crippen LogP contribution in [0.4, 0.5) is 0 Å². The Morgan fingerprint density at radius 1 is 1.30 bits per heavy atom. The maximum absolute atomic E-state index is 12.6. The van der Waals surface area contributed by atoms with Crippen LogP contribution < -0.4 is 0 Å². The number of carbonyl (C=O) groups is 3. The summed E-state index contributed by atoms with van der Waals surface area (Å²) in [4.78, 5) is 36.3. The van der Waals surface area contributed by atoms with Crippen molar-refractivity contribution < 1.29 is 38.4 Å². The van der Waals surface area contributed by atoms with Crippen molar-refractivity contribution in [2.24, 2.45) is 5.92 Å². The molecule has 4 atom stereocenters. The molecule has 3 aliphatic rings. The summed E-state index contributed by atoms with van der Waals surface area (Å²) >= 11 is 0. The molecule has 0 aromatic carbocycles. The molecule has 0 aromatic rings. The minimum atomic E-state index is -1.40. The molecule has 4 unspecified atom stereocenters. The van der Waals surface area contributed by atoms with Crippen molar-refractivity contribution in [3.05, 3.63) is 34.6 Å². The molecule has 164 valence electrons. The van der Waals surface area contributed by atoms with E-state index in [2.05, 4.69) is 0 Å². The van der Waals surface area contributed by atoms with Gasteiger partial charge in [0.05, 0.1) is 11.2 Å². The van der Waals surface area contributed by atoms with Crippen LogP contribution in [0.2, 0.25) is 0 Å². The second kappa shape index (κ2) is 8.00. The van der Waals surface area contributed by atoms with Crippen LogP contribution in [0.15, 0.2) is 34.6 Å². The summed E-state index contributed by atoms with van der Waals surface area (Å²) in [5.74, 6) is -3.38. The Labute approximate surface area is 175 Å². The summed E-state index contributed by atoms with van der Waals surface area (Å²) in [5.41, 5.74) is 0.365. The molecule has 3 rings (SSSR count). The molecular weight excluding hydrogens is 392 g/mol. The maximum Gasteiger partial charge on any atom is 0.343 e. The summed E-state index contributed by atoms with van der Waals surface area (Å²) < 4.78 is 22.2. The zero-order valence-corrected chi connectivity index (χ0v) is 17.9. The highest BCUT2D eigenvalue weighted by atomic mass is 16.6. The molecule has 3 heterocycles. The lowest BCUT2D eigenvalue weighted by Gasteiger charge is -2.33. The number of hydrogen-bond donors (Lipinski definition) is 1. The average Bonchev–Trinajstić information content (AvgIpc) is 3.08. The predicted molar refractivity (Wildman–Crippen MR) is 105 cm³/mol. The first kappa shape index (κ1) is 22.2. The van der Waals surface area contributed by atoms with E-state index in [1.807, 2.05) is 6.92 Å². The van der Waals surface area contributed by atoms with Crippen LogP contribution in [0.25, 0.3) is 0 Å². The van der Waals surface area contributed by atoms with E-state index in [1.165, 1.54) is 13.0 Å². The minimum Gasteiger partial charge on any atom is -0.461 e. The van der Waals surface area contributed by atoms with Crippen LogP contribution in [0, 0.1) is 5.92 Å². The van der Waals surface area contributed by atoms with E-state index in [0.717, 1.165) is 5.57 Å². The van der Waals surface area contributed by atoms with Gasteiger partial charge >= 0.3 is 17.9 Å². The number of allylic oxidation sites excluding steroid dienone is 1. The fourth-order valence-electron chi connectivity index (χ4n) is 4.04. The van der Waals surface area contributed by atoms with Gasteiger partial charge in [0.15, 0.2) is 5.79 Å². The lowest BCUT2D eigenvalue weighted by Crippen LogP contribution is -2.40. The van der Waals surface area contributed by atoms with E-state index in [0.29, 0.717) is 18.4 Å². The van der Waals surface area contributed by atoms with Crippen LogP contribution in [-0.2, 0) is 33.3 Å². The molecule has 0 aliphatic carbocycles. The first-order valence-electron chi connectivity index (χ1n) is 10.0. The van der Waals surface area contributed by atoms with Gasteiger partial charge in [0, 0.05) is 30.9 Å². The average molecular weight is 420 g/mol. The second-order valence-corrected chi connectivity index (χ2v) is 8.61. The van der Waals surface area contributed by atoms with Crippen molar-refractivity contribution in [3.8, 4) is 0 Å². The zero-order chi connectivity index (χ0) is 22.3. The molecule has 1 saturated heterocycles. The molecule has 3 aliphatic heterocycles. The fourth-order valence-corrected chi connectivity index (χ4v) is 4.04. The Morgan fingerprint density at radius 3 is 2.63 bits per heavy atom. The highest BCUT2D eigenvalue weighted by Gasteiger charge is 2.52. The van der Waals surface area contributed by atoms with Crippen molar-refractivity contribution in [1.29, 1.82) is 0 Å². The molecule has 30 heavy (non-hydrogen) atoms. The van der Waals surface area contributed by atoms with Gasteiger partial charge in [-0.3, -0.25) is 4.79 Å². The Hall–Kier alpha value is -2.45. The molecule has 0 aromatic heterocycles. The van der Waals surface area contributed by atoms with Crippen molar-refractivity contribution in [3.63, 3.8) is 0 Å². The van der Waals surface area contributed by atoms with E-state index < -0.39 is 41.3 Å². The monoisotopic (exact) mass is 420 g/mol. The molecule has 0 saturated carbocycles. The summed E-state index contributed by atoms with van der Waals surface area (Å²) in [6.45, 7) is 8.08. The third-order valence-electron chi connectivity index (χ3n) is 5.61. The minimum absolute atomic E-state index is 0.118. The molecule has 0 amide bonds. The SMILES string of the molecule is CC(=O)OCC1=C2C(=CC3(C)CCC(O)(O3)C(C)CC2OC(=O)C=C(C)C)OC1=O. The summed E-state index contributed by atoms with van der Waals surface area (Å²) in [6, 6.07) is 0. The van der Waals surface area contributed by atoms with Gasteiger partial charge in [-0.1, -0.05) is 12.5 Å². The topological polar surface area (TPSA) is 108 Å². The molecule has 2 bridgehead atoms. The Kier molecular flexibility index (Phi) is 5.93. The van der Waals surface area contributed by atoms with E-state index in [-0.39, 0.29) is 24.4 Å². The molecule has 1 fully saturated rings. The van der Waals surface area contributed by atoms with Crippen LogP contribution in [0.5, 0.6) is 0 Å². The molecule has 0 radical (unpaired) electrons. The zero-order valence-electron chi connectivity index (χ0n) is 17.9. The third-order valence-corrected chi connectivity index (χ3v) is 5.61. The van der Waals surface area contributed by atoms with Crippen LogP contribution in [0.3, 0.4) is 0 Å². The van der Waals surface area contributed by atoms with Crippen LogP contribution in [0.1, 0.15) is 53.9 Å². The standard InChI is InChI=1S/C22H28O8/c1-12(2)8-18(24)28-16-9-13(3)22(26)7-6-21(5,30-22)10-17-19(16)15(20(25)29-17)11-27-14(4)23/h8,10,13,16,26H,6-7,9,11H2,1-5H3. The van der Waals surface area contributed by atoms with Crippen molar-refractivity contribution >= 4 is 17.9 Å². The Bertz CT molecular complexity index is 862. The second-order valence-electron chi connectivity index (χ2n) is 8.61. The smallest absolute Gasteiger partial charge is 0.343 e. The van der Waals surface area contributed by atoms with Gasteiger partial charge in [-0.15, -0.1) is 0 Å². The highest BCUT2D eigenvalue weighted by molar-refractivity contribution is 5.95. The van der Waals surface area contributed by atoms with Crippen molar-refractivity contribution in [1.82, 2.24) is 0 Å². The molecule has 8 nitrogen and oxygen atoms in total. The first-order valence-corrected chi connectivity index (χ1v) is 10.0. The quantitative estimate of drug-likeness (QED) is 0.420. The molecule has 1 N–H and O–H groups in total. The van der Waals surface area contributed by atoms with Gasteiger partial charge in [-0.05, 0) is 39.7 Å². The lowest BCUT2D eigenvalue weighted by atomic mass is 9.86. The van der Waals surface area contributed by atoms with Gasteiger partial charge in [0.25, 0.3) is 0 Å². The van der Waals surface area contributed by atoms with Gasteiger partial charge in [-0.2, -0.15) is 0 Å². The Balaban J connectivity index is 2.10. The Morgan fingerprint density at radius 2 is 2.00 bits per heavy atom. The summed E-state index contributed by atoms with van der Waals surface area (Å²) in [5, 5.41) is 11.0. The van der Waals surface area contributed by atoms with E-state index >= 15 is 0 Å². The van der Waals surface area contributed by atoms with Gasteiger partial charge in [-0.25, -0.2) is 9.59 Å². The number of carbonyl (C=O) groups excluding carboxylic acids is 3. The normalized spacial score (nSPS) is 32.9. The van der Waals surface area contributed by atoms with E-state index in [4.69, 9.17) is 18.9 Å². The molecule has 8 heteroatoms. The number of hydrogen-bond acceptors (Lipinski definition) is 8. The van der Waals surface area contributed by atoms with Crippen LogP contribution in [-0.4, -0.2) is 47.1 Å². The summed E-state index contributed by atoms with van der Waals surface area (Å²) in [7, 11) is 0. The number of esters is 3. The predicted octanol–water partition coefficient (Wildman–Crippen LogP) is 2.46. The number of aliphatic hydroxyl groups is 1. The number of rotatable bonds is 4. The third kappa shape index (κ3) is 4.49. The number of fused-ring (bicyclic) bond motifs is 3. The molecule has 0 spiro atoms. The number of ether oxygens (including phenoxy) is 4. The fraction of sp³-hybridized carbons (Fsp3) is 0.591. The van der Waals surface area contributed by atoms with E-state index in [9.17, 15) is 19.5 Å². The highest BCUT2D eigenvalue weighted by Crippen LogP contribution is 2.47. The summed E-state index contributed by atoms with van der Waals surface area (Å²) in [6.07, 6.45) is 3.23. The first-order chi connectivity index (χ1) is 13.9. The van der Waals surface area contributed by atoms with Crippen molar-refractivity contribution in [2.45, 2.75) is 71.4 Å². The largest absolute Gasteiger partial charge is 0.461 e. The van der Waals surface area contributed by atoms with Gasteiger partial charge in [0.1, 0.15) is 18.5 Å². The maximum atomic E-state index is 12.6. The molecular formula is C22H28O8. The van der Waals surface area contributed by atoms with Crippen molar-refractivity contribution in [2.75, 3.05) is 6.61 Å². The van der Waals surface area contributed by atoms with Crippen LogP contribution >= 0.6 is 0 Å². The van der Waals surface area contributed by atoms with Gasteiger partial charge in [0.2, 0.25) is 0 Å². The van der Waals surface area contributed by atoms with Gasteiger partial charge < -0.3 is 24.1 Å². The van der Waals surface area contributed by atoms with E-state index in [1.54, 1.807) is 26.8 Å².